The van der Waals surface area contributed by atoms with E-state index in [0.717, 1.165) is 0 Å². The molecule has 0 aliphatic heterocycles. The van der Waals surface area contributed by atoms with Crippen LogP contribution in [0, 0.1) is 0 Å². The molecule has 0 spiro atoms. The number of hydrogen-bond donors (Lipinski definition) is 0. The minimum Gasteiger partial charge on any atom is -0.0622 e. The van der Waals surface area contributed by atoms with E-state index in [4.69, 9.17) is 0 Å². The molecule has 0 nitrogen and oxygen atoms in total. The highest BCUT2D eigenvalue weighted by atomic mass is 14.2. The molecular formula is C30H28. The Bertz CT molecular complexity index is 1110. The van der Waals surface area contributed by atoms with Crippen molar-refractivity contribution in [1.82, 2.24) is 0 Å². The molecule has 0 aliphatic rings. The van der Waals surface area contributed by atoms with E-state index in [1.807, 2.05) is 0 Å². The SMILES string of the molecule is CC(C)(C)c1ccc(-c2ccc(/C(=C/c3ccccc3)c3ccccc3)cc2)cc1. The molecule has 0 saturated heterocycles. The summed E-state index contributed by atoms with van der Waals surface area (Å²) in [4.78, 5) is 0. The zero-order valence-corrected chi connectivity index (χ0v) is 18.0. The lowest BCUT2D eigenvalue weighted by Gasteiger charge is -2.19. The summed E-state index contributed by atoms with van der Waals surface area (Å²) in [5.74, 6) is 0. The van der Waals surface area contributed by atoms with Crippen molar-refractivity contribution in [1.29, 1.82) is 0 Å². The van der Waals surface area contributed by atoms with Crippen LogP contribution in [0.15, 0.2) is 109 Å². The molecule has 0 heterocycles. The summed E-state index contributed by atoms with van der Waals surface area (Å²) >= 11 is 0. The van der Waals surface area contributed by atoms with E-state index in [0.29, 0.717) is 0 Å². The first kappa shape index (κ1) is 19.9. The average Bonchev–Trinajstić information content (AvgIpc) is 2.78. The monoisotopic (exact) mass is 388 g/mol. The quantitative estimate of drug-likeness (QED) is 0.309. The van der Waals surface area contributed by atoms with Gasteiger partial charge in [0.15, 0.2) is 0 Å². The molecule has 4 aromatic carbocycles. The third-order valence-corrected chi connectivity index (χ3v) is 5.48. The van der Waals surface area contributed by atoms with Gasteiger partial charge in [0.2, 0.25) is 0 Å². The van der Waals surface area contributed by atoms with Crippen LogP contribution in [0.2, 0.25) is 0 Å². The van der Waals surface area contributed by atoms with Gasteiger partial charge in [-0.05, 0) is 50.4 Å². The summed E-state index contributed by atoms with van der Waals surface area (Å²) in [7, 11) is 0. The van der Waals surface area contributed by atoms with Crippen molar-refractivity contribution in [3.05, 3.63) is 131 Å². The standard InChI is InChI=1S/C30H28/c1-30(2,3)28-20-18-25(19-21-28)24-14-16-27(17-15-24)29(26-12-8-5-9-13-26)22-23-10-6-4-7-11-23/h4-22H,1-3H3/b29-22+. The summed E-state index contributed by atoms with van der Waals surface area (Å²) in [6.45, 7) is 6.75. The van der Waals surface area contributed by atoms with Crippen LogP contribution in [0.4, 0.5) is 0 Å². The van der Waals surface area contributed by atoms with Gasteiger partial charge in [-0.15, -0.1) is 0 Å². The molecule has 0 saturated carbocycles. The Balaban J connectivity index is 1.69. The fourth-order valence-corrected chi connectivity index (χ4v) is 3.67. The normalized spacial score (nSPS) is 12.0. The van der Waals surface area contributed by atoms with E-state index in [1.165, 1.54) is 39.0 Å². The Labute approximate surface area is 180 Å². The third kappa shape index (κ3) is 4.60. The predicted octanol–water partition coefficient (Wildman–Crippen LogP) is 8.24. The molecule has 0 heteroatoms. The minimum absolute atomic E-state index is 0.176. The van der Waals surface area contributed by atoms with Crippen molar-refractivity contribution in [2.45, 2.75) is 26.2 Å². The summed E-state index contributed by atoms with van der Waals surface area (Å²) in [6, 6.07) is 39.0. The first-order valence-electron chi connectivity index (χ1n) is 10.5. The Morgan fingerprint density at radius 1 is 0.533 bits per heavy atom. The van der Waals surface area contributed by atoms with Crippen molar-refractivity contribution in [3.63, 3.8) is 0 Å². The number of benzene rings is 4. The van der Waals surface area contributed by atoms with Crippen molar-refractivity contribution in [2.24, 2.45) is 0 Å². The molecule has 0 aromatic heterocycles. The molecule has 0 amide bonds. The zero-order chi connectivity index (χ0) is 21.0. The molecule has 0 N–H and O–H groups in total. The van der Waals surface area contributed by atoms with Crippen LogP contribution in [0.1, 0.15) is 43.0 Å². The second-order valence-corrected chi connectivity index (χ2v) is 8.74. The van der Waals surface area contributed by atoms with Crippen molar-refractivity contribution < 1.29 is 0 Å². The third-order valence-electron chi connectivity index (χ3n) is 5.48. The van der Waals surface area contributed by atoms with Gasteiger partial charge in [0.1, 0.15) is 0 Å². The molecule has 148 valence electrons. The van der Waals surface area contributed by atoms with E-state index >= 15 is 0 Å². The van der Waals surface area contributed by atoms with Crippen molar-refractivity contribution in [2.75, 3.05) is 0 Å². The fourth-order valence-electron chi connectivity index (χ4n) is 3.67. The fraction of sp³-hybridized carbons (Fsp3) is 0.133. The lowest BCUT2D eigenvalue weighted by atomic mass is 9.86. The highest BCUT2D eigenvalue weighted by Crippen LogP contribution is 2.30. The van der Waals surface area contributed by atoms with E-state index in [-0.39, 0.29) is 5.41 Å². The van der Waals surface area contributed by atoms with E-state index in [2.05, 4.69) is 136 Å². The highest BCUT2D eigenvalue weighted by molar-refractivity contribution is 5.91. The Kier molecular flexibility index (Phi) is 5.68. The van der Waals surface area contributed by atoms with Gasteiger partial charge in [-0.1, -0.05) is 130 Å². The van der Waals surface area contributed by atoms with Crippen LogP contribution < -0.4 is 0 Å². The van der Waals surface area contributed by atoms with E-state index < -0.39 is 0 Å². The van der Waals surface area contributed by atoms with E-state index in [9.17, 15) is 0 Å². The molecular weight excluding hydrogens is 360 g/mol. The zero-order valence-electron chi connectivity index (χ0n) is 18.0. The molecule has 0 aliphatic carbocycles. The molecule has 0 radical (unpaired) electrons. The van der Waals surface area contributed by atoms with Gasteiger partial charge < -0.3 is 0 Å². The molecule has 4 aromatic rings. The first-order valence-corrected chi connectivity index (χ1v) is 10.5. The van der Waals surface area contributed by atoms with Crippen LogP contribution >= 0.6 is 0 Å². The van der Waals surface area contributed by atoms with Gasteiger partial charge in [0.05, 0.1) is 0 Å². The van der Waals surface area contributed by atoms with Crippen LogP contribution in [-0.4, -0.2) is 0 Å². The largest absolute Gasteiger partial charge is 0.0622 e. The molecule has 0 bridgehead atoms. The van der Waals surface area contributed by atoms with Gasteiger partial charge in [-0.3, -0.25) is 0 Å². The van der Waals surface area contributed by atoms with Crippen LogP contribution in [0.3, 0.4) is 0 Å². The topological polar surface area (TPSA) is 0 Å². The van der Waals surface area contributed by atoms with Crippen molar-refractivity contribution >= 4 is 11.6 Å². The second kappa shape index (κ2) is 8.55. The first-order chi connectivity index (χ1) is 14.5. The predicted molar refractivity (Wildman–Crippen MR) is 130 cm³/mol. The smallest absolute Gasteiger partial charge is 0.0105 e. The van der Waals surface area contributed by atoms with Crippen LogP contribution in [0.5, 0.6) is 0 Å². The van der Waals surface area contributed by atoms with Gasteiger partial charge in [-0.2, -0.15) is 0 Å². The Morgan fingerprint density at radius 3 is 1.53 bits per heavy atom. The average molecular weight is 389 g/mol. The molecule has 0 atom stereocenters. The lowest BCUT2D eigenvalue weighted by molar-refractivity contribution is 0.590. The Hall–Kier alpha value is -3.38. The summed E-state index contributed by atoms with van der Waals surface area (Å²) < 4.78 is 0. The number of hydrogen-bond acceptors (Lipinski definition) is 0. The maximum atomic E-state index is 2.27. The molecule has 30 heavy (non-hydrogen) atoms. The minimum atomic E-state index is 0.176. The highest BCUT2D eigenvalue weighted by Gasteiger charge is 2.13. The number of rotatable bonds is 4. The van der Waals surface area contributed by atoms with Gasteiger partial charge in [0.25, 0.3) is 0 Å². The maximum Gasteiger partial charge on any atom is -0.0105 e. The maximum absolute atomic E-state index is 2.27. The van der Waals surface area contributed by atoms with Gasteiger partial charge in [0, 0.05) is 0 Å². The van der Waals surface area contributed by atoms with Crippen LogP contribution in [-0.2, 0) is 5.41 Å². The van der Waals surface area contributed by atoms with Crippen molar-refractivity contribution in [3.8, 4) is 11.1 Å². The van der Waals surface area contributed by atoms with Crippen LogP contribution in [0.25, 0.3) is 22.8 Å². The molecule has 0 fully saturated rings. The summed E-state index contributed by atoms with van der Waals surface area (Å²) in [6.07, 6.45) is 2.27. The van der Waals surface area contributed by atoms with Gasteiger partial charge >= 0.3 is 0 Å². The molecule has 4 rings (SSSR count). The van der Waals surface area contributed by atoms with E-state index in [1.54, 1.807) is 0 Å². The Morgan fingerprint density at radius 2 is 1.00 bits per heavy atom. The molecule has 0 unspecified atom stereocenters. The summed E-state index contributed by atoms with van der Waals surface area (Å²) in [5, 5.41) is 0. The lowest BCUT2D eigenvalue weighted by Crippen LogP contribution is -2.10. The summed E-state index contributed by atoms with van der Waals surface area (Å²) in [5.41, 5.74) is 8.92. The second-order valence-electron chi connectivity index (χ2n) is 8.74. The van der Waals surface area contributed by atoms with Gasteiger partial charge in [-0.25, -0.2) is 0 Å².